The van der Waals surface area contributed by atoms with Gasteiger partial charge in [0, 0.05) is 47.0 Å². The van der Waals surface area contributed by atoms with Gasteiger partial charge in [-0.25, -0.2) is 4.79 Å². The summed E-state index contributed by atoms with van der Waals surface area (Å²) >= 11 is 1.84. The molecule has 2 heterocycles. The zero-order chi connectivity index (χ0) is 19.8. The number of carbonyl (C=O) groups is 1. The highest BCUT2D eigenvalue weighted by Crippen LogP contribution is 2.40. The van der Waals surface area contributed by atoms with Crippen LogP contribution in [0.1, 0.15) is 44.9 Å². The summed E-state index contributed by atoms with van der Waals surface area (Å²) in [7, 11) is 0. The first-order valence-electron chi connectivity index (χ1n) is 11.2. The lowest BCUT2D eigenvalue weighted by molar-refractivity contribution is 0.0649. The van der Waals surface area contributed by atoms with E-state index in [1.807, 2.05) is 11.3 Å². The molecule has 0 bridgehead atoms. The highest BCUT2D eigenvalue weighted by atomic mass is 32.1. The second kappa shape index (κ2) is 8.15. The van der Waals surface area contributed by atoms with Gasteiger partial charge in [-0.2, -0.15) is 0 Å². The molecule has 0 spiro atoms. The number of nitrogens with one attached hydrogen (secondary N) is 1. The minimum atomic E-state index is -0.875. The predicted molar refractivity (Wildman–Crippen MR) is 119 cm³/mol. The van der Waals surface area contributed by atoms with E-state index in [0.29, 0.717) is 12.1 Å². The molecule has 2 aliphatic carbocycles. The molecule has 5 rings (SSSR count). The maximum atomic E-state index is 10.8. The van der Waals surface area contributed by atoms with E-state index in [0.717, 1.165) is 31.8 Å². The monoisotopic (exact) mass is 413 g/mol. The van der Waals surface area contributed by atoms with Crippen LogP contribution in [0.15, 0.2) is 29.6 Å². The lowest BCUT2D eigenvalue weighted by Gasteiger charge is -2.55. The largest absolute Gasteiger partial charge is 0.465 e. The van der Waals surface area contributed by atoms with Crippen LogP contribution in [0, 0.1) is 5.92 Å². The number of carboxylic acid groups (broad SMARTS) is 1. The molecule has 0 radical (unpaired) electrons. The molecule has 2 aromatic rings. The van der Waals surface area contributed by atoms with E-state index in [-0.39, 0.29) is 6.04 Å². The molecule has 1 aliphatic heterocycles. The van der Waals surface area contributed by atoms with Gasteiger partial charge in [-0.3, -0.25) is 4.90 Å². The first-order valence-corrected chi connectivity index (χ1v) is 12.0. The van der Waals surface area contributed by atoms with Crippen LogP contribution in [-0.4, -0.2) is 53.9 Å². The third kappa shape index (κ3) is 3.84. The highest BCUT2D eigenvalue weighted by Gasteiger charge is 2.43. The number of anilines is 1. The molecule has 2 N–H and O–H groups in total. The lowest BCUT2D eigenvalue weighted by atomic mass is 9.80. The van der Waals surface area contributed by atoms with Gasteiger partial charge in [-0.1, -0.05) is 6.07 Å². The molecule has 1 amide bonds. The van der Waals surface area contributed by atoms with Crippen molar-refractivity contribution in [2.75, 3.05) is 24.5 Å². The lowest BCUT2D eigenvalue weighted by Crippen LogP contribution is -2.65. The number of benzene rings is 1. The first-order chi connectivity index (χ1) is 14.2. The number of rotatable bonds is 5. The summed E-state index contributed by atoms with van der Waals surface area (Å²) in [5.74, 6) is 0.762. The van der Waals surface area contributed by atoms with Gasteiger partial charge in [0.1, 0.15) is 0 Å². The Morgan fingerprint density at radius 2 is 1.90 bits per heavy atom. The topological polar surface area (TPSA) is 55.8 Å². The van der Waals surface area contributed by atoms with Crippen LogP contribution in [0.2, 0.25) is 0 Å². The Hall–Kier alpha value is -1.79. The minimum Gasteiger partial charge on any atom is -0.465 e. The second-order valence-corrected chi connectivity index (χ2v) is 9.95. The molecule has 3 fully saturated rings. The zero-order valence-corrected chi connectivity index (χ0v) is 17.7. The number of thiophene rings is 1. The van der Waals surface area contributed by atoms with E-state index >= 15 is 0 Å². The van der Waals surface area contributed by atoms with E-state index in [1.54, 1.807) is 0 Å². The molecule has 1 aromatic heterocycles. The number of hydrogen-bond acceptors (Lipinski definition) is 4. The van der Waals surface area contributed by atoms with Crippen molar-refractivity contribution >= 4 is 33.2 Å². The van der Waals surface area contributed by atoms with Gasteiger partial charge in [0.25, 0.3) is 0 Å². The van der Waals surface area contributed by atoms with Crippen molar-refractivity contribution in [3.8, 4) is 0 Å². The number of fused-ring (bicyclic) bond motifs is 2. The Balaban J connectivity index is 1.16. The fraction of sp³-hybridized carbons (Fsp3) is 0.609. The Morgan fingerprint density at radius 1 is 1.07 bits per heavy atom. The van der Waals surface area contributed by atoms with Crippen molar-refractivity contribution in [3.05, 3.63) is 29.6 Å². The first kappa shape index (κ1) is 19.2. The number of piperazine rings is 1. The Morgan fingerprint density at radius 3 is 2.66 bits per heavy atom. The van der Waals surface area contributed by atoms with E-state index < -0.39 is 6.09 Å². The summed E-state index contributed by atoms with van der Waals surface area (Å²) in [6.07, 6.45) is 7.37. The maximum Gasteiger partial charge on any atom is 0.404 e. The number of nitrogens with zero attached hydrogens (tertiary/aromatic N) is 2. The molecule has 1 saturated heterocycles. The molecule has 3 aliphatic rings. The van der Waals surface area contributed by atoms with Crippen LogP contribution in [0.25, 0.3) is 10.1 Å². The minimum absolute atomic E-state index is 0.170. The van der Waals surface area contributed by atoms with Crippen LogP contribution in [0.4, 0.5) is 10.5 Å². The maximum absolute atomic E-state index is 10.8. The van der Waals surface area contributed by atoms with Gasteiger partial charge in [0.05, 0.1) is 0 Å². The van der Waals surface area contributed by atoms with Crippen molar-refractivity contribution < 1.29 is 9.90 Å². The van der Waals surface area contributed by atoms with E-state index in [4.69, 9.17) is 5.11 Å². The third-order valence-electron chi connectivity index (χ3n) is 7.48. The summed E-state index contributed by atoms with van der Waals surface area (Å²) in [5, 5.41) is 15.2. The fourth-order valence-electron chi connectivity index (χ4n) is 5.75. The van der Waals surface area contributed by atoms with Crippen LogP contribution in [0.3, 0.4) is 0 Å². The van der Waals surface area contributed by atoms with E-state index in [2.05, 4.69) is 44.8 Å². The average molecular weight is 414 g/mol. The summed E-state index contributed by atoms with van der Waals surface area (Å²) in [6, 6.07) is 10.6. The molecule has 6 heteroatoms. The van der Waals surface area contributed by atoms with Gasteiger partial charge in [0.15, 0.2) is 0 Å². The highest BCUT2D eigenvalue weighted by molar-refractivity contribution is 7.17. The molecule has 156 valence electrons. The quantitative estimate of drug-likeness (QED) is 0.741. The Kier molecular flexibility index (Phi) is 5.39. The van der Waals surface area contributed by atoms with Crippen LogP contribution in [0.5, 0.6) is 0 Å². The second-order valence-electron chi connectivity index (χ2n) is 9.01. The fourth-order valence-corrected chi connectivity index (χ4v) is 6.55. The molecule has 2 atom stereocenters. The summed E-state index contributed by atoms with van der Waals surface area (Å²) < 4.78 is 1.40. The third-order valence-corrected chi connectivity index (χ3v) is 8.36. The van der Waals surface area contributed by atoms with Crippen molar-refractivity contribution in [2.45, 2.75) is 63.1 Å². The van der Waals surface area contributed by atoms with Crippen molar-refractivity contribution in [1.82, 2.24) is 10.2 Å². The van der Waals surface area contributed by atoms with Crippen LogP contribution >= 0.6 is 11.3 Å². The van der Waals surface area contributed by atoms with Gasteiger partial charge in [0.2, 0.25) is 0 Å². The Bertz CT molecular complexity index is 861. The standard InChI is InChI=1S/C23H31N3O2S/c27-23(28)24-17-6-4-16(5-7-17)10-12-25-13-14-26(21-9-8-20(21)25)19-2-1-3-22-18(19)11-15-29-22/h1-3,11,15-17,20-21,24H,4-10,12-14H2,(H,27,28). The van der Waals surface area contributed by atoms with E-state index in [1.165, 1.54) is 54.4 Å². The SMILES string of the molecule is O=C(O)NC1CCC(CCN2CCN(c3cccc4sccc34)C3CCC32)CC1. The zero-order valence-electron chi connectivity index (χ0n) is 16.9. The molecule has 1 aromatic carbocycles. The predicted octanol–water partition coefficient (Wildman–Crippen LogP) is 4.77. The molecular weight excluding hydrogens is 382 g/mol. The van der Waals surface area contributed by atoms with Crippen molar-refractivity contribution in [3.63, 3.8) is 0 Å². The van der Waals surface area contributed by atoms with Crippen molar-refractivity contribution in [2.24, 2.45) is 5.92 Å². The molecule has 29 heavy (non-hydrogen) atoms. The summed E-state index contributed by atoms with van der Waals surface area (Å²) in [6.45, 7) is 3.50. The molecule has 2 unspecified atom stereocenters. The van der Waals surface area contributed by atoms with Crippen LogP contribution in [-0.2, 0) is 0 Å². The van der Waals surface area contributed by atoms with Crippen molar-refractivity contribution in [1.29, 1.82) is 0 Å². The van der Waals surface area contributed by atoms with Gasteiger partial charge < -0.3 is 15.3 Å². The van der Waals surface area contributed by atoms with E-state index in [9.17, 15) is 4.79 Å². The normalized spacial score (nSPS) is 30.0. The summed E-state index contributed by atoms with van der Waals surface area (Å²) in [5.41, 5.74) is 1.43. The van der Waals surface area contributed by atoms with Gasteiger partial charge in [-0.15, -0.1) is 11.3 Å². The number of amides is 1. The van der Waals surface area contributed by atoms with Gasteiger partial charge in [-0.05, 0) is 81.0 Å². The molecule has 5 nitrogen and oxygen atoms in total. The molecule has 2 saturated carbocycles. The van der Waals surface area contributed by atoms with Gasteiger partial charge >= 0.3 is 6.09 Å². The molecular formula is C23H31N3O2S. The van der Waals surface area contributed by atoms with Crippen LogP contribution < -0.4 is 10.2 Å². The smallest absolute Gasteiger partial charge is 0.404 e. The summed E-state index contributed by atoms with van der Waals surface area (Å²) in [4.78, 5) is 16.3. The average Bonchev–Trinajstić information content (AvgIpc) is 3.17. The Labute approximate surface area is 176 Å². The number of hydrogen-bond donors (Lipinski definition) is 2.